The van der Waals surface area contributed by atoms with Crippen molar-refractivity contribution < 1.29 is 28.8 Å². The van der Waals surface area contributed by atoms with Crippen molar-refractivity contribution in [2.45, 2.75) is 13.5 Å². The maximum atomic E-state index is 11.4. The van der Waals surface area contributed by atoms with Crippen LogP contribution in [-0.2, 0) is 25.6 Å². The summed E-state index contributed by atoms with van der Waals surface area (Å²) in [5, 5.41) is 12.6. The van der Waals surface area contributed by atoms with Crippen molar-refractivity contribution in [1.29, 1.82) is 0 Å². The average Bonchev–Trinajstić information content (AvgIpc) is 2.79. The summed E-state index contributed by atoms with van der Waals surface area (Å²) in [5.74, 6) is -1.63. The van der Waals surface area contributed by atoms with Gasteiger partial charge in [-0.3, -0.25) is 10.1 Å². The normalized spacial score (nSPS) is 10.1. The SMILES string of the molecule is Cc1ccc([N+](=O)[O-])n1CCOC(=O)COCC(=O)NC(N)=O. The Labute approximate surface area is 130 Å². The smallest absolute Gasteiger partial charge is 0.332 e. The Kier molecular flexibility index (Phi) is 6.68. The molecule has 0 saturated carbocycles. The van der Waals surface area contributed by atoms with Crippen LogP contribution in [0.2, 0.25) is 0 Å². The third-order valence-electron chi connectivity index (χ3n) is 2.66. The van der Waals surface area contributed by atoms with Gasteiger partial charge < -0.3 is 25.3 Å². The Morgan fingerprint density at radius 1 is 1.35 bits per heavy atom. The zero-order valence-electron chi connectivity index (χ0n) is 12.3. The van der Waals surface area contributed by atoms with E-state index in [9.17, 15) is 24.5 Å². The summed E-state index contributed by atoms with van der Waals surface area (Å²) >= 11 is 0. The van der Waals surface area contributed by atoms with Crippen LogP contribution in [0.25, 0.3) is 0 Å². The van der Waals surface area contributed by atoms with E-state index in [-0.39, 0.29) is 19.0 Å². The summed E-state index contributed by atoms with van der Waals surface area (Å²) in [4.78, 5) is 43.0. The van der Waals surface area contributed by atoms with Crippen LogP contribution < -0.4 is 11.1 Å². The van der Waals surface area contributed by atoms with E-state index in [1.807, 2.05) is 0 Å². The first-order valence-electron chi connectivity index (χ1n) is 6.44. The molecule has 0 aliphatic rings. The average molecular weight is 328 g/mol. The molecule has 11 heteroatoms. The summed E-state index contributed by atoms with van der Waals surface area (Å²) in [7, 11) is 0. The van der Waals surface area contributed by atoms with Gasteiger partial charge in [0.15, 0.2) is 0 Å². The standard InChI is InChI=1S/C12H16N4O7/c1-8-2-3-10(16(20)21)15(8)4-5-23-11(18)7-22-6-9(17)14-12(13)19/h2-3H,4-7H2,1H3,(H3,13,14,17,19). The predicted molar refractivity (Wildman–Crippen MR) is 75.3 cm³/mol. The van der Waals surface area contributed by atoms with Gasteiger partial charge in [-0.25, -0.2) is 14.2 Å². The van der Waals surface area contributed by atoms with Crippen LogP contribution in [0.4, 0.5) is 10.6 Å². The van der Waals surface area contributed by atoms with Crippen LogP contribution in [0.5, 0.6) is 0 Å². The van der Waals surface area contributed by atoms with Gasteiger partial charge in [-0.05, 0) is 17.9 Å². The number of nitrogens with one attached hydrogen (secondary N) is 1. The number of urea groups is 1. The molecule has 3 amide bonds. The lowest BCUT2D eigenvalue weighted by molar-refractivity contribution is -0.392. The summed E-state index contributed by atoms with van der Waals surface area (Å²) in [6.45, 7) is 0.684. The van der Waals surface area contributed by atoms with Crippen molar-refractivity contribution in [1.82, 2.24) is 9.88 Å². The van der Waals surface area contributed by atoms with Gasteiger partial charge in [0.25, 0.3) is 5.91 Å². The molecule has 3 N–H and O–H groups in total. The van der Waals surface area contributed by atoms with Gasteiger partial charge in [0.2, 0.25) is 0 Å². The lowest BCUT2D eigenvalue weighted by Gasteiger charge is -2.06. The number of carbonyl (C=O) groups excluding carboxylic acids is 3. The fourth-order valence-corrected chi connectivity index (χ4v) is 1.70. The number of hydrogen-bond donors (Lipinski definition) is 2. The fourth-order valence-electron chi connectivity index (χ4n) is 1.70. The van der Waals surface area contributed by atoms with E-state index in [1.165, 1.54) is 10.6 Å². The van der Waals surface area contributed by atoms with Crippen LogP contribution in [0.15, 0.2) is 12.1 Å². The van der Waals surface area contributed by atoms with Gasteiger partial charge in [0.1, 0.15) is 32.1 Å². The molecule has 0 aromatic carbocycles. The van der Waals surface area contributed by atoms with E-state index in [1.54, 1.807) is 18.3 Å². The van der Waals surface area contributed by atoms with Gasteiger partial charge in [0.05, 0.1) is 0 Å². The number of ether oxygens (including phenoxy) is 2. The molecule has 11 nitrogen and oxygen atoms in total. The van der Waals surface area contributed by atoms with Crippen LogP contribution >= 0.6 is 0 Å². The molecule has 0 unspecified atom stereocenters. The first-order valence-corrected chi connectivity index (χ1v) is 6.44. The number of primary amides is 1. The van der Waals surface area contributed by atoms with Gasteiger partial charge in [-0.2, -0.15) is 0 Å². The third-order valence-corrected chi connectivity index (χ3v) is 2.66. The second kappa shape index (κ2) is 8.48. The Morgan fingerprint density at radius 2 is 2.04 bits per heavy atom. The highest BCUT2D eigenvalue weighted by atomic mass is 16.6. The van der Waals surface area contributed by atoms with Crippen molar-refractivity contribution in [2.75, 3.05) is 19.8 Å². The van der Waals surface area contributed by atoms with Crippen molar-refractivity contribution in [3.63, 3.8) is 0 Å². The molecule has 0 aliphatic heterocycles. The largest absolute Gasteiger partial charge is 0.460 e. The molecule has 1 aromatic heterocycles. The minimum Gasteiger partial charge on any atom is -0.460 e. The molecular formula is C12H16N4O7. The predicted octanol–water partition coefficient (Wildman–Crippen LogP) is -0.541. The molecule has 1 rings (SSSR count). The number of nitrogens with two attached hydrogens (primary N) is 1. The molecule has 0 aliphatic carbocycles. The van der Waals surface area contributed by atoms with E-state index < -0.39 is 36.0 Å². The number of esters is 1. The second-order valence-electron chi connectivity index (χ2n) is 4.37. The van der Waals surface area contributed by atoms with Crippen LogP contribution in [0.1, 0.15) is 5.69 Å². The number of imide groups is 1. The van der Waals surface area contributed by atoms with Gasteiger partial charge >= 0.3 is 17.8 Å². The van der Waals surface area contributed by atoms with Crippen molar-refractivity contribution >= 4 is 23.7 Å². The van der Waals surface area contributed by atoms with E-state index in [0.717, 1.165) is 0 Å². The van der Waals surface area contributed by atoms with E-state index >= 15 is 0 Å². The van der Waals surface area contributed by atoms with Gasteiger partial charge in [0, 0.05) is 6.07 Å². The molecular weight excluding hydrogens is 312 g/mol. The highest BCUT2D eigenvalue weighted by molar-refractivity contribution is 5.94. The highest BCUT2D eigenvalue weighted by Gasteiger charge is 2.16. The lowest BCUT2D eigenvalue weighted by atomic mass is 10.5. The molecule has 0 atom stereocenters. The van der Waals surface area contributed by atoms with E-state index in [2.05, 4.69) is 0 Å². The number of rotatable bonds is 8. The summed E-state index contributed by atoms with van der Waals surface area (Å²) in [5.41, 5.74) is 5.37. The molecule has 23 heavy (non-hydrogen) atoms. The quantitative estimate of drug-likeness (QED) is 0.368. The van der Waals surface area contributed by atoms with Crippen LogP contribution in [0.3, 0.4) is 0 Å². The molecule has 0 bridgehead atoms. The Morgan fingerprint density at radius 3 is 2.65 bits per heavy atom. The van der Waals surface area contributed by atoms with Crippen molar-refractivity contribution in [2.24, 2.45) is 5.73 Å². The number of nitrogens with zero attached hydrogens (tertiary/aromatic N) is 2. The molecule has 0 spiro atoms. The number of amides is 3. The first kappa shape index (κ1) is 18.1. The zero-order valence-corrected chi connectivity index (χ0v) is 12.3. The maximum Gasteiger partial charge on any atom is 0.332 e. The van der Waals surface area contributed by atoms with E-state index in [0.29, 0.717) is 5.69 Å². The molecule has 0 radical (unpaired) electrons. The second-order valence-corrected chi connectivity index (χ2v) is 4.37. The first-order chi connectivity index (χ1) is 10.8. The van der Waals surface area contributed by atoms with Crippen molar-refractivity contribution in [3.05, 3.63) is 27.9 Å². The monoisotopic (exact) mass is 328 g/mol. The number of aromatic nitrogens is 1. The fraction of sp³-hybridized carbons (Fsp3) is 0.417. The number of aryl methyl sites for hydroxylation is 1. The van der Waals surface area contributed by atoms with Gasteiger partial charge in [-0.15, -0.1) is 0 Å². The Hall–Kier alpha value is -2.95. The van der Waals surface area contributed by atoms with Crippen LogP contribution in [0, 0.1) is 17.0 Å². The molecule has 126 valence electrons. The molecule has 1 aromatic rings. The number of hydrogen-bond acceptors (Lipinski definition) is 7. The van der Waals surface area contributed by atoms with Gasteiger partial charge in [-0.1, -0.05) is 0 Å². The molecule has 0 saturated heterocycles. The molecule has 1 heterocycles. The third kappa shape index (κ3) is 6.13. The lowest BCUT2D eigenvalue weighted by Crippen LogP contribution is -2.37. The topological polar surface area (TPSA) is 156 Å². The Balaban J connectivity index is 2.30. The minimum absolute atomic E-state index is 0.0912. The zero-order chi connectivity index (χ0) is 17.4. The summed E-state index contributed by atoms with van der Waals surface area (Å²) in [6, 6.07) is 1.92. The summed E-state index contributed by atoms with van der Waals surface area (Å²) in [6.07, 6.45) is 0. The number of carbonyl (C=O) groups is 3. The minimum atomic E-state index is -1.02. The van der Waals surface area contributed by atoms with E-state index in [4.69, 9.17) is 15.2 Å². The maximum absolute atomic E-state index is 11.4. The number of nitro groups is 1. The Bertz CT molecular complexity index is 611. The summed E-state index contributed by atoms with van der Waals surface area (Å²) < 4.78 is 11.0. The van der Waals surface area contributed by atoms with Crippen molar-refractivity contribution in [3.8, 4) is 0 Å². The molecule has 0 fully saturated rings. The highest BCUT2D eigenvalue weighted by Crippen LogP contribution is 2.15. The van der Waals surface area contributed by atoms with Crippen LogP contribution in [-0.4, -0.2) is 47.2 Å².